The van der Waals surface area contributed by atoms with Crippen molar-refractivity contribution < 1.29 is 13.3 Å². The van der Waals surface area contributed by atoms with Crippen molar-refractivity contribution in [2.24, 2.45) is 5.73 Å². The highest BCUT2D eigenvalue weighted by Crippen LogP contribution is 2.25. The Kier molecular flexibility index (Phi) is 4.07. The molecule has 0 bridgehead atoms. The molecule has 20 heavy (non-hydrogen) atoms. The topological polar surface area (TPSA) is 107 Å². The number of hydrogen-bond acceptors (Lipinski definition) is 5. The van der Waals surface area contributed by atoms with Gasteiger partial charge in [-0.15, -0.1) is 0 Å². The molecule has 1 aromatic carbocycles. The monoisotopic (exact) mass is 299 g/mol. The summed E-state index contributed by atoms with van der Waals surface area (Å²) in [5, 5.41) is 10.8. The fourth-order valence-corrected chi connectivity index (χ4v) is 3.96. The summed E-state index contributed by atoms with van der Waals surface area (Å²) in [6.07, 6.45) is 1.54. The van der Waals surface area contributed by atoms with E-state index in [0.717, 1.165) is 12.8 Å². The normalized spacial score (nSPS) is 20.8. The third-order valence-corrected chi connectivity index (χ3v) is 5.28. The zero-order chi connectivity index (χ0) is 14.9. The SMILES string of the molecule is Cc1cc(S(=O)(=O)N2CCCC(N)C2)ccc1[N+](=O)[O-]. The summed E-state index contributed by atoms with van der Waals surface area (Å²) in [7, 11) is -3.63. The maximum Gasteiger partial charge on any atom is 0.272 e. The van der Waals surface area contributed by atoms with Crippen LogP contribution in [-0.4, -0.2) is 36.8 Å². The summed E-state index contributed by atoms with van der Waals surface area (Å²) in [5.41, 5.74) is 6.05. The molecule has 0 spiro atoms. The zero-order valence-corrected chi connectivity index (χ0v) is 12.0. The van der Waals surface area contributed by atoms with Crippen LogP contribution in [0.15, 0.2) is 23.1 Å². The van der Waals surface area contributed by atoms with Crippen molar-refractivity contribution in [1.82, 2.24) is 4.31 Å². The van der Waals surface area contributed by atoms with Crippen molar-refractivity contribution in [2.75, 3.05) is 13.1 Å². The van der Waals surface area contributed by atoms with Crippen LogP contribution in [0.2, 0.25) is 0 Å². The first kappa shape index (κ1) is 14.9. The standard InChI is InChI=1S/C12H17N3O4S/c1-9-7-11(4-5-12(9)15(16)17)20(18,19)14-6-2-3-10(13)8-14/h4-5,7,10H,2-3,6,8,13H2,1H3. The number of sulfonamides is 1. The number of nitrogens with two attached hydrogens (primary N) is 1. The molecular weight excluding hydrogens is 282 g/mol. The van der Waals surface area contributed by atoms with Gasteiger partial charge < -0.3 is 5.73 Å². The molecule has 1 heterocycles. The molecule has 1 aliphatic heterocycles. The first-order chi connectivity index (χ1) is 9.32. The summed E-state index contributed by atoms with van der Waals surface area (Å²) in [6, 6.07) is 3.69. The largest absolute Gasteiger partial charge is 0.327 e. The highest BCUT2D eigenvalue weighted by molar-refractivity contribution is 7.89. The van der Waals surface area contributed by atoms with Gasteiger partial charge in [-0.2, -0.15) is 4.31 Å². The Hall–Kier alpha value is -1.51. The number of aryl methyl sites for hydroxylation is 1. The molecule has 0 amide bonds. The van der Waals surface area contributed by atoms with Gasteiger partial charge in [0.1, 0.15) is 0 Å². The zero-order valence-electron chi connectivity index (χ0n) is 11.2. The lowest BCUT2D eigenvalue weighted by Gasteiger charge is -2.29. The molecule has 2 N–H and O–H groups in total. The minimum atomic E-state index is -3.63. The molecule has 0 radical (unpaired) electrons. The van der Waals surface area contributed by atoms with E-state index in [2.05, 4.69) is 0 Å². The molecule has 2 rings (SSSR count). The number of nitro groups is 1. The molecular formula is C12H17N3O4S. The van der Waals surface area contributed by atoms with Crippen LogP contribution in [0.3, 0.4) is 0 Å². The van der Waals surface area contributed by atoms with E-state index >= 15 is 0 Å². The molecule has 0 aromatic heterocycles. The van der Waals surface area contributed by atoms with Crippen molar-refractivity contribution >= 4 is 15.7 Å². The molecule has 1 atom stereocenters. The second-order valence-electron chi connectivity index (χ2n) is 4.97. The molecule has 1 unspecified atom stereocenters. The fraction of sp³-hybridized carbons (Fsp3) is 0.500. The van der Waals surface area contributed by atoms with E-state index < -0.39 is 14.9 Å². The first-order valence-electron chi connectivity index (χ1n) is 6.33. The molecule has 0 aliphatic carbocycles. The van der Waals surface area contributed by atoms with Gasteiger partial charge in [0, 0.05) is 30.8 Å². The van der Waals surface area contributed by atoms with E-state index in [1.807, 2.05) is 0 Å². The van der Waals surface area contributed by atoms with Crippen LogP contribution in [0.4, 0.5) is 5.69 Å². The fourth-order valence-electron chi connectivity index (χ4n) is 2.33. The Morgan fingerprint density at radius 3 is 2.70 bits per heavy atom. The number of benzene rings is 1. The van der Waals surface area contributed by atoms with Gasteiger partial charge in [0.05, 0.1) is 9.82 Å². The third-order valence-electron chi connectivity index (χ3n) is 3.42. The van der Waals surface area contributed by atoms with Gasteiger partial charge in [0.2, 0.25) is 10.0 Å². The lowest BCUT2D eigenvalue weighted by Crippen LogP contribution is -2.45. The maximum absolute atomic E-state index is 12.5. The van der Waals surface area contributed by atoms with Gasteiger partial charge in [-0.3, -0.25) is 10.1 Å². The van der Waals surface area contributed by atoms with Gasteiger partial charge in [-0.1, -0.05) is 0 Å². The smallest absolute Gasteiger partial charge is 0.272 e. The van der Waals surface area contributed by atoms with Crippen molar-refractivity contribution in [3.05, 3.63) is 33.9 Å². The second-order valence-corrected chi connectivity index (χ2v) is 6.91. The van der Waals surface area contributed by atoms with Crippen LogP contribution in [0.25, 0.3) is 0 Å². The quantitative estimate of drug-likeness (QED) is 0.662. The molecule has 110 valence electrons. The highest BCUT2D eigenvalue weighted by Gasteiger charge is 2.29. The second kappa shape index (κ2) is 5.47. The summed E-state index contributed by atoms with van der Waals surface area (Å²) >= 11 is 0. The van der Waals surface area contributed by atoms with Crippen LogP contribution in [-0.2, 0) is 10.0 Å². The van der Waals surface area contributed by atoms with Crippen molar-refractivity contribution in [2.45, 2.75) is 30.7 Å². The molecule has 8 heteroatoms. The van der Waals surface area contributed by atoms with Crippen molar-refractivity contribution in [1.29, 1.82) is 0 Å². The number of nitrogens with zero attached hydrogens (tertiary/aromatic N) is 2. The predicted molar refractivity (Wildman–Crippen MR) is 73.8 cm³/mol. The molecule has 1 aromatic rings. The Morgan fingerprint density at radius 1 is 1.45 bits per heavy atom. The molecule has 1 fully saturated rings. The third kappa shape index (κ3) is 2.82. The summed E-state index contributed by atoms with van der Waals surface area (Å²) in [5.74, 6) is 0. The summed E-state index contributed by atoms with van der Waals surface area (Å²) in [6.45, 7) is 2.25. The Bertz CT molecular complexity index is 630. The molecule has 1 saturated heterocycles. The van der Waals surface area contributed by atoms with E-state index in [0.29, 0.717) is 18.7 Å². The van der Waals surface area contributed by atoms with Crippen LogP contribution in [0, 0.1) is 17.0 Å². The first-order valence-corrected chi connectivity index (χ1v) is 7.77. The minimum Gasteiger partial charge on any atom is -0.327 e. The molecule has 0 saturated carbocycles. The van der Waals surface area contributed by atoms with Crippen LogP contribution < -0.4 is 5.73 Å². The van der Waals surface area contributed by atoms with Crippen LogP contribution >= 0.6 is 0 Å². The van der Waals surface area contributed by atoms with E-state index in [4.69, 9.17) is 5.73 Å². The Balaban J connectivity index is 2.34. The van der Waals surface area contributed by atoms with Gasteiger partial charge >= 0.3 is 0 Å². The summed E-state index contributed by atoms with van der Waals surface area (Å²) < 4.78 is 26.3. The van der Waals surface area contributed by atoms with Gasteiger partial charge in [-0.25, -0.2) is 8.42 Å². The van der Waals surface area contributed by atoms with Crippen molar-refractivity contribution in [3.63, 3.8) is 0 Å². The number of piperidine rings is 1. The van der Waals surface area contributed by atoms with Crippen molar-refractivity contribution in [3.8, 4) is 0 Å². The van der Waals surface area contributed by atoms with E-state index in [1.165, 1.54) is 29.4 Å². The Morgan fingerprint density at radius 2 is 2.15 bits per heavy atom. The van der Waals surface area contributed by atoms with E-state index in [1.54, 1.807) is 0 Å². The average Bonchev–Trinajstić information content (AvgIpc) is 2.38. The van der Waals surface area contributed by atoms with Gasteiger partial charge in [0.15, 0.2) is 0 Å². The van der Waals surface area contributed by atoms with E-state index in [9.17, 15) is 18.5 Å². The lowest BCUT2D eigenvalue weighted by atomic mass is 10.1. The van der Waals surface area contributed by atoms with Gasteiger partial charge in [0.25, 0.3) is 5.69 Å². The van der Waals surface area contributed by atoms with Gasteiger partial charge in [-0.05, 0) is 31.9 Å². The molecule has 1 aliphatic rings. The predicted octanol–water partition coefficient (Wildman–Crippen LogP) is 1.02. The highest BCUT2D eigenvalue weighted by atomic mass is 32.2. The lowest BCUT2D eigenvalue weighted by molar-refractivity contribution is -0.385. The van der Waals surface area contributed by atoms with Crippen LogP contribution in [0.1, 0.15) is 18.4 Å². The Labute approximate surface area is 117 Å². The molecule has 7 nitrogen and oxygen atoms in total. The van der Waals surface area contributed by atoms with Crippen LogP contribution in [0.5, 0.6) is 0 Å². The minimum absolute atomic E-state index is 0.0784. The number of nitro benzene ring substituents is 1. The number of rotatable bonds is 3. The summed E-state index contributed by atoms with van der Waals surface area (Å²) in [4.78, 5) is 10.3. The average molecular weight is 299 g/mol. The number of hydrogen-bond donors (Lipinski definition) is 1. The van der Waals surface area contributed by atoms with E-state index in [-0.39, 0.29) is 16.6 Å². The maximum atomic E-state index is 12.5.